The monoisotopic (exact) mass is 368 g/mol. The maximum Gasteiger partial charge on any atom is 0.269 e. The van der Waals surface area contributed by atoms with E-state index in [9.17, 15) is 9.59 Å². The molecule has 0 saturated carbocycles. The van der Waals surface area contributed by atoms with Gasteiger partial charge in [0, 0.05) is 30.5 Å². The highest BCUT2D eigenvalue weighted by Gasteiger charge is 2.14. The van der Waals surface area contributed by atoms with Crippen molar-refractivity contribution in [2.24, 2.45) is 0 Å². The van der Waals surface area contributed by atoms with Crippen LogP contribution in [0.15, 0.2) is 36.5 Å². The molecule has 1 aromatic heterocycles. The largest absolute Gasteiger partial charge is 0.349 e. The first-order chi connectivity index (χ1) is 13.0. The molecule has 0 aliphatic heterocycles. The van der Waals surface area contributed by atoms with Crippen LogP contribution in [0.1, 0.15) is 45.8 Å². The number of rotatable bonds is 8. The summed E-state index contributed by atoms with van der Waals surface area (Å²) >= 11 is 0. The van der Waals surface area contributed by atoms with Gasteiger partial charge in [-0.1, -0.05) is 32.0 Å². The first-order valence-electron chi connectivity index (χ1n) is 9.27. The number of carbonyl (C=O) groups is 2. The van der Waals surface area contributed by atoms with Gasteiger partial charge in [-0.25, -0.2) is 0 Å². The van der Waals surface area contributed by atoms with Crippen LogP contribution in [-0.4, -0.2) is 48.9 Å². The van der Waals surface area contributed by atoms with E-state index in [1.807, 2.05) is 37.2 Å². The number of aryl methyl sites for hydroxylation is 2. The van der Waals surface area contributed by atoms with Crippen molar-refractivity contribution < 1.29 is 9.59 Å². The van der Waals surface area contributed by atoms with Crippen molar-refractivity contribution in [2.45, 2.75) is 26.7 Å². The van der Waals surface area contributed by atoms with E-state index >= 15 is 0 Å². The fraction of sp³-hybridized carbons (Fsp3) is 0.381. The van der Waals surface area contributed by atoms with E-state index in [4.69, 9.17) is 0 Å². The highest BCUT2D eigenvalue weighted by molar-refractivity contribution is 6.06. The van der Waals surface area contributed by atoms with Crippen molar-refractivity contribution >= 4 is 17.5 Å². The van der Waals surface area contributed by atoms with E-state index in [0.29, 0.717) is 12.1 Å². The third-order valence-corrected chi connectivity index (χ3v) is 4.34. The van der Waals surface area contributed by atoms with Crippen molar-refractivity contribution in [1.82, 2.24) is 15.2 Å². The molecule has 2 amide bonds. The highest BCUT2D eigenvalue weighted by atomic mass is 16.2. The van der Waals surface area contributed by atoms with Crippen LogP contribution in [0.5, 0.6) is 0 Å². The number of aromatic nitrogens is 1. The number of hydrogen-bond donors (Lipinski definition) is 2. The van der Waals surface area contributed by atoms with E-state index in [0.717, 1.165) is 36.2 Å². The summed E-state index contributed by atoms with van der Waals surface area (Å²) < 4.78 is 0. The molecule has 0 aliphatic rings. The van der Waals surface area contributed by atoms with Gasteiger partial charge >= 0.3 is 0 Å². The van der Waals surface area contributed by atoms with Gasteiger partial charge < -0.3 is 15.5 Å². The second-order valence-corrected chi connectivity index (χ2v) is 6.60. The van der Waals surface area contributed by atoms with Crippen LogP contribution in [0.25, 0.3) is 0 Å². The second kappa shape index (κ2) is 9.83. The molecule has 27 heavy (non-hydrogen) atoms. The summed E-state index contributed by atoms with van der Waals surface area (Å²) in [7, 11) is 3.88. The summed E-state index contributed by atoms with van der Waals surface area (Å²) in [4.78, 5) is 31.1. The molecule has 0 bridgehead atoms. The molecule has 1 heterocycles. The highest BCUT2D eigenvalue weighted by Crippen LogP contribution is 2.23. The lowest BCUT2D eigenvalue weighted by Crippen LogP contribution is -2.32. The summed E-state index contributed by atoms with van der Waals surface area (Å²) in [5, 5.41) is 5.82. The summed E-state index contributed by atoms with van der Waals surface area (Å²) in [6, 6.07) is 9.19. The fourth-order valence-electron chi connectivity index (χ4n) is 2.77. The second-order valence-electron chi connectivity index (χ2n) is 6.60. The number of para-hydroxylation sites is 1. The van der Waals surface area contributed by atoms with Gasteiger partial charge in [0.1, 0.15) is 5.69 Å². The summed E-state index contributed by atoms with van der Waals surface area (Å²) in [5.41, 5.74) is 3.70. The number of pyridine rings is 1. The number of carbonyl (C=O) groups excluding carboxylic acids is 2. The Bertz CT molecular complexity index is 780. The van der Waals surface area contributed by atoms with Crippen molar-refractivity contribution in [2.75, 3.05) is 32.5 Å². The van der Waals surface area contributed by atoms with E-state index < -0.39 is 0 Å². The standard InChI is InChI=1S/C21H28N4O2/c1-5-15-8-7-9-16(6-2)19(15)24-20(26)17-10-11-22-18(14-17)21(27)23-12-13-25(3)4/h7-11,14H,5-6,12-13H2,1-4H3,(H,23,27)(H,24,26). The molecular formula is C21H28N4O2. The van der Waals surface area contributed by atoms with Crippen LogP contribution in [0.2, 0.25) is 0 Å². The van der Waals surface area contributed by atoms with Crippen LogP contribution in [0.3, 0.4) is 0 Å². The lowest BCUT2D eigenvalue weighted by Gasteiger charge is -2.14. The van der Waals surface area contributed by atoms with Gasteiger partial charge in [-0.15, -0.1) is 0 Å². The molecule has 1 aromatic carbocycles. The molecule has 2 N–H and O–H groups in total. The van der Waals surface area contributed by atoms with Gasteiger partial charge in [0.05, 0.1) is 0 Å². The van der Waals surface area contributed by atoms with Crippen LogP contribution in [-0.2, 0) is 12.8 Å². The Balaban J connectivity index is 2.15. The van der Waals surface area contributed by atoms with E-state index in [2.05, 4.69) is 29.5 Å². The van der Waals surface area contributed by atoms with Crippen LogP contribution < -0.4 is 10.6 Å². The lowest BCUT2D eigenvalue weighted by molar-refractivity contribution is 0.0946. The number of amides is 2. The van der Waals surface area contributed by atoms with E-state index in [1.165, 1.54) is 12.3 Å². The minimum atomic E-state index is -0.283. The molecule has 0 fully saturated rings. The SMILES string of the molecule is CCc1cccc(CC)c1NC(=O)c1ccnc(C(=O)NCCN(C)C)c1. The van der Waals surface area contributed by atoms with Crippen molar-refractivity contribution in [1.29, 1.82) is 0 Å². The number of nitrogens with zero attached hydrogens (tertiary/aromatic N) is 2. The summed E-state index contributed by atoms with van der Waals surface area (Å²) in [6.07, 6.45) is 3.15. The molecule has 2 rings (SSSR count). The minimum Gasteiger partial charge on any atom is -0.349 e. The maximum atomic E-state index is 12.8. The Hall–Kier alpha value is -2.73. The first-order valence-corrected chi connectivity index (χ1v) is 9.27. The zero-order valence-corrected chi connectivity index (χ0v) is 16.5. The molecule has 144 valence electrons. The lowest BCUT2D eigenvalue weighted by atomic mass is 10.0. The van der Waals surface area contributed by atoms with Gasteiger partial charge in [-0.05, 0) is 50.2 Å². The molecule has 0 unspecified atom stereocenters. The average Bonchev–Trinajstić information content (AvgIpc) is 2.67. The maximum absolute atomic E-state index is 12.8. The molecule has 6 heteroatoms. The third kappa shape index (κ3) is 5.62. The topological polar surface area (TPSA) is 74.3 Å². The Morgan fingerprint density at radius 3 is 2.30 bits per heavy atom. The molecule has 0 radical (unpaired) electrons. The van der Waals surface area contributed by atoms with Crippen LogP contribution >= 0.6 is 0 Å². The van der Waals surface area contributed by atoms with Crippen molar-refractivity contribution in [3.63, 3.8) is 0 Å². The smallest absolute Gasteiger partial charge is 0.269 e. The van der Waals surface area contributed by atoms with Gasteiger partial charge in [-0.2, -0.15) is 0 Å². The zero-order chi connectivity index (χ0) is 19.8. The third-order valence-electron chi connectivity index (χ3n) is 4.34. The predicted molar refractivity (Wildman–Crippen MR) is 108 cm³/mol. The molecule has 2 aromatic rings. The number of likely N-dealkylation sites (N-methyl/N-ethyl adjacent to an activating group) is 1. The Morgan fingerprint density at radius 2 is 1.70 bits per heavy atom. The zero-order valence-electron chi connectivity index (χ0n) is 16.5. The van der Waals surface area contributed by atoms with Gasteiger partial charge in [0.25, 0.3) is 11.8 Å². The van der Waals surface area contributed by atoms with E-state index in [-0.39, 0.29) is 17.5 Å². The molecule has 6 nitrogen and oxygen atoms in total. The normalized spacial score (nSPS) is 10.7. The average molecular weight is 368 g/mol. The number of anilines is 1. The van der Waals surface area contributed by atoms with Crippen LogP contribution in [0, 0.1) is 0 Å². The summed E-state index contributed by atoms with van der Waals surface area (Å²) in [5.74, 6) is -0.523. The molecular weight excluding hydrogens is 340 g/mol. The minimum absolute atomic E-state index is 0.237. The molecule has 0 saturated heterocycles. The van der Waals surface area contributed by atoms with Crippen molar-refractivity contribution in [3.8, 4) is 0 Å². The summed E-state index contributed by atoms with van der Waals surface area (Å²) in [6.45, 7) is 5.38. The fourth-order valence-corrected chi connectivity index (χ4v) is 2.77. The van der Waals surface area contributed by atoms with Crippen LogP contribution in [0.4, 0.5) is 5.69 Å². The number of nitrogens with one attached hydrogen (secondary N) is 2. The number of hydrogen-bond acceptors (Lipinski definition) is 4. The molecule has 0 aliphatic carbocycles. The number of benzene rings is 1. The predicted octanol–water partition coefficient (Wildman–Crippen LogP) is 2.75. The molecule has 0 spiro atoms. The van der Waals surface area contributed by atoms with Gasteiger partial charge in [0.2, 0.25) is 0 Å². The van der Waals surface area contributed by atoms with E-state index in [1.54, 1.807) is 6.07 Å². The van der Waals surface area contributed by atoms with Crippen molar-refractivity contribution in [3.05, 3.63) is 58.9 Å². The Labute approximate surface area is 161 Å². The molecule has 0 atom stereocenters. The Morgan fingerprint density at radius 1 is 1.04 bits per heavy atom. The van der Waals surface area contributed by atoms with Gasteiger partial charge in [-0.3, -0.25) is 14.6 Å². The quantitative estimate of drug-likeness (QED) is 0.751. The Kier molecular flexibility index (Phi) is 7.49. The van der Waals surface area contributed by atoms with Gasteiger partial charge in [0.15, 0.2) is 0 Å². The first kappa shape index (κ1) is 20.6.